The number of rotatable bonds is 5. The van der Waals surface area contributed by atoms with Gasteiger partial charge in [-0.15, -0.1) is 0 Å². The SMILES string of the molecule is c1ccc(-c2ccccc2N(c2cccc(-c3cccc4ccccc34)c2)c2ccc3c(c2)C2(c4ccccc4-3)C3CC4CC(C3)CC2C4)cc1. The van der Waals surface area contributed by atoms with E-state index in [1.54, 1.807) is 11.1 Å². The first-order chi connectivity index (χ1) is 25.3. The fourth-order valence-corrected chi connectivity index (χ4v) is 11.5. The number of nitrogens with zero attached hydrogens (tertiary/aromatic N) is 1. The van der Waals surface area contributed by atoms with Crippen LogP contribution in [-0.4, -0.2) is 0 Å². The van der Waals surface area contributed by atoms with Gasteiger partial charge in [0.2, 0.25) is 0 Å². The Hall–Kier alpha value is -5.40. The monoisotopic (exact) mass is 655 g/mol. The Kier molecular flexibility index (Phi) is 6.50. The van der Waals surface area contributed by atoms with E-state index in [2.05, 4.69) is 169 Å². The van der Waals surface area contributed by atoms with Crippen LogP contribution in [0.15, 0.2) is 164 Å². The average molecular weight is 656 g/mol. The van der Waals surface area contributed by atoms with Crippen LogP contribution in [0.3, 0.4) is 0 Å². The molecule has 0 heterocycles. The molecule has 246 valence electrons. The van der Waals surface area contributed by atoms with Crippen molar-refractivity contribution in [2.45, 2.75) is 37.5 Å². The zero-order valence-electron chi connectivity index (χ0n) is 28.9. The Morgan fingerprint density at radius 1 is 0.412 bits per heavy atom. The molecular weight excluding hydrogens is 615 g/mol. The first-order valence-electron chi connectivity index (χ1n) is 19.0. The van der Waals surface area contributed by atoms with Gasteiger partial charge in [-0.1, -0.05) is 133 Å². The van der Waals surface area contributed by atoms with Crippen molar-refractivity contribution in [3.8, 4) is 33.4 Å². The predicted molar refractivity (Wildman–Crippen MR) is 213 cm³/mol. The molecule has 1 spiro atoms. The van der Waals surface area contributed by atoms with Gasteiger partial charge in [-0.2, -0.15) is 0 Å². The smallest absolute Gasteiger partial charge is 0.0540 e. The molecule has 5 aliphatic carbocycles. The summed E-state index contributed by atoms with van der Waals surface area (Å²) < 4.78 is 0. The third-order valence-corrected chi connectivity index (χ3v) is 13.2. The fourth-order valence-electron chi connectivity index (χ4n) is 11.5. The lowest BCUT2D eigenvalue weighted by molar-refractivity contribution is -0.0399. The van der Waals surface area contributed by atoms with Crippen LogP contribution in [0.2, 0.25) is 0 Å². The standard InChI is InChI=1S/C50H41N/c1-2-12-36(13-3-1)44-19-7-9-23-49(44)51(40-17-10-16-37(31-40)43-21-11-15-35-14-4-5-18-42(35)43)41-24-25-46-45-20-6-8-22-47(45)50(48(46)32-41)38-27-33-26-34(29-38)30-39(50)28-33/h1-25,31-34,38-39H,26-30H2. The summed E-state index contributed by atoms with van der Waals surface area (Å²) in [4.78, 5) is 2.55. The van der Waals surface area contributed by atoms with Crippen LogP contribution in [0.4, 0.5) is 17.1 Å². The van der Waals surface area contributed by atoms with Gasteiger partial charge in [0.1, 0.15) is 0 Å². The highest BCUT2D eigenvalue weighted by molar-refractivity contribution is 5.98. The molecule has 12 rings (SSSR count). The highest BCUT2D eigenvalue weighted by Crippen LogP contribution is 2.69. The van der Waals surface area contributed by atoms with E-state index in [0.717, 1.165) is 23.7 Å². The van der Waals surface area contributed by atoms with Crippen molar-refractivity contribution in [2.75, 3.05) is 4.90 Å². The molecule has 0 amide bonds. The molecule has 0 N–H and O–H groups in total. The van der Waals surface area contributed by atoms with Crippen LogP contribution >= 0.6 is 0 Å². The van der Waals surface area contributed by atoms with Gasteiger partial charge in [0.25, 0.3) is 0 Å². The minimum absolute atomic E-state index is 0.116. The van der Waals surface area contributed by atoms with Crippen molar-refractivity contribution >= 4 is 27.8 Å². The van der Waals surface area contributed by atoms with E-state index in [-0.39, 0.29) is 5.41 Å². The van der Waals surface area contributed by atoms with Gasteiger partial charge in [-0.25, -0.2) is 0 Å². The second kappa shape index (κ2) is 11.3. The molecule has 0 radical (unpaired) electrons. The summed E-state index contributed by atoms with van der Waals surface area (Å²) >= 11 is 0. The molecule has 51 heavy (non-hydrogen) atoms. The van der Waals surface area contributed by atoms with E-state index in [0.29, 0.717) is 0 Å². The van der Waals surface area contributed by atoms with E-state index in [1.165, 1.54) is 93.3 Å². The number of hydrogen-bond acceptors (Lipinski definition) is 1. The Balaban J connectivity index is 1.14. The molecule has 5 aliphatic rings. The van der Waals surface area contributed by atoms with Crippen molar-refractivity contribution in [1.29, 1.82) is 0 Å². The topological polar surface area (TPSA) is 3.24 Å². The molecule has 7 aromatic rings. The molecule has 1 heteroatoms. The Morgan fingerprint density at radius 3 is 1.86 bits per heavy atom. The maximum Gasteiger partial charge on any atom is 0.0540 e. The third-order valence-electron chi connectivity index (χ3n) is 13.2. The van der Waals surface area contributed by atoms with Gasteiger partial charge in [0.15, 0.2) is 0 Å². The van der Waals surface area contributed by atoms with E-state index in [4.69, 9.17) is 0 Å². The van der Waals surface area contributed by atoms with Crippen molar-refractivity contribution in [2.24, 2.45) is 23.7 Å². The normalized spacial score (nSPS) is 23.8. The van der Waals surface area contributed by atoms with Crippen LogP contribution in [0.25, 0.3) is 44.2 Å². The Bertz CT molecular complexity index is 2420. The highest BCUT2D eigenvalue weighted by atomic mass is 15.1. The lowest BCUT2D eigenvalue weighted by Crippen LogP contribution is -2.55. The number of hydrogen-bond donors (Lipinski definition) is 0. The zero-order valence-corrected chi connectivity index (χ0v) is 28.9. The largest absolute Gasteiger partial charge is 0.310 e. The summed E-state index contributed by atoms with van der Waals surface area (Å²) in [6.07, 6.45) is 7.02. The summed E-state index contributed by atoms with van der Waals surface area (Å²) in [5.74, 6) is 3.30. The first-order valence-corrected chi connectivity index (χ1v) is 19.0. The molecule has 4 saturated carbocycles. The number of para-hydroxylation sites is 1. The first kappa shape index (κ1) is 29.3. The molecule has 0 atom stereocenters. The van der Waals surface area contributed by atoms with Crippen LogP contribution in [-0.2, 0) is 5.41 Å². The zero-order chi connectivity index (χ0) is 33.5. The Morgan fingerprint density at radius 2 is 1.02 bits per heavy atom. The molecule has 0 saturated heterocycles. The molecular formula is C50H41N. The average Bonchev–Trinajstić information content (AvgIpc) is 3.47. The number of benzene rings is 7. The molecule has 4 fully saturated rings. The molecule has 0 unspecified atom stereocenters. The summed E-state index contributed by atoms with van der Waals surface area (Å²) in [5.41, 5.74) is 14.8. The summed E-state index contributed by atoms with van der Waals surface area (Å²) in [5, 5.41) is 2.55. The summed E-state index contributed by atoms with van der Waals surface area (Å²) in [6.45, 7) is 0. The van der Waals surface area contributed by atoms with Crippen molar-refractivity contribution in [1.82, 2.24) is 0 Å². The number of anilines is 3. The molecule has 7 aromatic carbocycles. The van der Waals surface area contributed by atoms with Crippen molar-refractivity contribution < 1.29 is 0 Å². The summed E-state index contributed by atoms with van der Waals surface area (Å²) in [7, 11) is 0. The van der Waals surface area contributed by atoms with Gasteiger partial charge in [-0.3, -0.25) is 0 Å². The maximum atomic E-state index is 2.63. The van der Waals surface area contributed by atoms with E-state index in [9.17, 15) is 0 Å². The quantitative estimate of drug-likeness (QED) is 0.178. The van der Waals surface area contributed by atoms with Gasteiger partial charge in [0.05, 0.1) is 5.69 Å². The fraction of sp³-hybridized carbons (Fsp3) is 0.200. The third kappa shape index (κ3) is 4.34. The van der Waals surface area contributed by atoms with Crippen molar-refractivity contribution in [3.05, 3.63) is 175 Å². The molecule has 0 aliphatic heterocycles. The van der Waals surface area contributed by atoms with Crippen LogP contribution < -0.4 is 4.90 Å². The van der Waals surface area contributed by atoms with Crippen LogP contribution in [0, 0.1) is 23.7 Å². The molecule has 0 aromatic heterocycles. The molecule has 1 nitrogen and oxygen atoms in total. The van der Waals surface area contributed by atoms with Crippen molar-refractivity contribution in [3.63, 3.8) is 0 Å². The maximum absolute atomic E-state index is 2.63. The lowest BCUT2D eigenvalue weighted by Gasteiger charge is -2.61. The number of fused-ring (bicyclic) bond motifs is 4. The highest BCUT2D eigenvalue weighted by Gasteiger charge is 2.61. The second-order valence-electron chi connectivity index (χ2n) is 15.7. The van der Waals surface area contributed by atoms with E-state index < -0.39 is 0 Å². The van der Waals surface area contributed by atoms with Gasteiger partial charge < -0.3 is 4.90 Å². The Labute approximate surface area is 301 Å². The lowest BCUT2D eigenvalue weighted by atomic mass is 9.43. The second-order valence-corrected chi connectivity index (χ2v) is 15.7. The van der Waals surface area contributed by atoms with Gasteiger partial charge in [-0.05, 0) is 136 Å². The van der Waals surface area contributed by atoms with Crippen LogP contribution in [0.5, 0.6) is 0 Å². The summed E-state index contributed by atoms with van der Waals surface area (Å²) in [6, 6.07) is 61.5. The van der Waals surface area contributed by atoms with E-state index >= 15 is 0 Å². The van der Waals surface area contributed by atoms with E-state index in [1.807, 2.05) is 0 Å². The molecule has 4 bridgehead atoms. The minimum atomic E-state index is 0.116. The van der Waals surface area contributed by atoms with Gasteiger partial charge >= 0.3 is 0 Å². The predicted octanol–water partition coefficient (Wildman–Crippen LogP) is 13.4. The minimum Gasteiger partial charge on any atom is -0.310 e. The van der Waals surface area contributed by atoms with Crippen LogP contribution in [0.1, 0.15) is 43.2 Å². The van der Waals surface area contributed by atoms with Gasteiger partial charge in [0, 0.05) is 22.4 Å².